The first-order chi connectivity index (χ1) is 10.2. The number of hydrogen-bond acceptors (Lipinski definition) is 5. The molecule has 0 fully saturated rings. The smallest absolute Gasteiger partial charge is 0.251 e. The van der Waals surface area contributed by atoms with Crippen molar-refractivity contribution in [2.75, 3.05) is 20.3 Å². The maximum atomic E-state index is 11.7. The Kier molecular flexibility index (Phi) is 4.94. The van der Waals surface area contributed by atoms with Gasteiger partial charge in [-0.15, -0.1) is 0 Å². The number of nitrogens with one attached hydrogen (secondary N) is 1. The van der Waals surface area contributed by atoms with E-state index in [1.165, 1.54) is 6.07 Å². The lowest BCUT2D eigenvalue weighted by Crippen LogP contribution is -2.13. The van der Waals surface area contributed by atoms with E-state index in [-0.39, 0.29) is 5.56 Å². The molecular formula is C15H19N3O3. The van der Waals surface area contributed by atoms with E-state index >= 15 is 0 Å². The second kappa shape index (κ2) is 6.90. The van der Waals surface area contributed by atoms with Crippen LogP contribution in [0.4, 0.5) is 0 Å². The zero-order chi connectivity index (χ0) is 15.2. The van der Waals surface area contributed by atoms with Crippen LogP contribution in [0.2, 0.25) is 0 Å². The number of benzene rings is 1. The van der Waals surface area contributed by atoms with Gasteiger partial charge in [-0.3, -0.25) is 4.79 Å². The predicted molar refractivity (Wildman–Crippen MR) is 80.8 cm³/mol. The highest BCUT2D eigenvalue weighted by Crippen LogP contribution is 2.31. The van der Waals surface area contributed by atoms with Crippen molar-refractivity contribution >= 4 is 0 Å². The minimum atomic E-state index is -0.198. The van der Waals surface area contributed by atoms with Gasteiger partial charge in [-0.25, -0.2) is 4.98 Å². The molecule has 2 rings (SSSR count). The van der Waals surface area contributed by atoms with Gasteiger partial charge in [0.25, 0.3) is 5.56 Å². The third kappa shape index (κ3) is 3.61. The maximum absolute atomic E-state index is 11.7. The van der Waals surface area contributed by atoms with Crippen LogP contribution in [0, 0.1) is 0 Å². The molecule has 0 amide bonds. The molecule has 0 aliphatic rings. The summed E-state index contributed by atoms with van der Waals surface area (Å²) in [5.41, 5.74) is 6.74. The van der Waals surface area contributed by atoms with Crippen LogP contribution in [-0.2, 0) is 6.42 Å². The predicted octanol–water partition coefficient (Wildman–Crippen LogP) is 1.35. The van der Waals surface area contributed by atoms with Gasteiger partial charge in [0, 0.05) is 23.7 Å². The molecule has 21 heavy (non-hydrogen) atoms. The number of ether oxygens (including phenoxy) is 2. The molecule has 6 nitrogen and oxygen atoms in total. The molecule has 6 heteroatoms. The molecule has 1 aromatic heterocycles. The highest BCUT2D eigenvalue weighted by molar-refractivity contribution is 5.61. The fraction of sp³-hybridized carbons (Fsp3) is 0.333. The van der Waals surface area contributed by atoms with Crippen LogP contribution in [0.1, 0.15) is 12.6 Å². The van der Waals surface area contributed by atoms with Crippen LogP contribution in [0.15, 0.2) is 29.1 Å². The van der Waals surface area contributed by atoms with E-state index in [0.29, 0.717) is 42.6 Å². The summed E-state index contributed by atoms with van der Waals surface area (Å²) in [5, 5.41) is 0. The van der Waals surface area contributed by atoms with Gasteiger partial charge in [-0.1, -0.05) is 0 Å². The summed E-state index contributed by atoms with van der Waals surface area (Å²) in [6.07, 6.45) is 0.561. The third-order valence-corrected chi connectivity index (χ3v) is 2.93. The average molecular weight is 289 g/mol. The molecule has 1 aromatic carbocycles. The number of rotatable bonds is 6. The quantitative estimate of drug-likeness (QED) is 0.837. The Morgan fingerprint density at radius 3 is 2.76 bits per heavy atom. The summed E-state index contributed by atoms with van der Waals surface area (Å²) in [6.45, 7) is 2.90. The average Bonchev–Trinajstić information content (AvgIpc) is 2.47. The second-order valence-corrected chi connectivity index (χ2v) is 4.42. The summed E-state index contributed by atoms with van der Waals surface area (Å²) in [4.78, 5) is 18.8. The standard InChI is InChI=1S/C15H19N3O3/c1-3-21-12-5-4-10(8-13(12)20-2)15-17-11(6-7-16)9-14(19)18-15/h4-5,8-9H,3,6-7,16H2,1-2H3,(H,17,18,19). The minimum absolute atomic E-state index is 0.198. The lowest BCUT2D eigenvalue weighted by Gasteiger charge is -2.11. The minimum Gasteiger partial charge on any atom is -0.493 e. The Hall–Kier alpha value is -2.34. The Morgan fingerprint density at radius 1 is 1.29 bits per heavy atom. The SMILES string of the molecule is CCOc1ccc(-c2nc(CCN)cc(=O)[nH]2)cc1OC. The zero-order valence-electron chi connectivity index (χ0n) is 12.2. The Labute approximate surface area is 122 Å². The number of hydrogen-bond donors (Lipinski definition) is 2. The van der Waals surface area contributed by atoms with E-state index in [2.05, 4.69) is 9.97 Å². The molecule has 0 saturated carbocycles. The number of nitrogens with two attached hydrogens (primary N) is 1. The fourth-order valence-electron chi connectivity index (χ4n) is 2.01. The summed E-state index contributed by atoms with van der Waals surface area (Å²) in [6, 6.07) is 6.88. The molecule has 0 aliphatic heterocycles. The van der Waals surface area contributed by atoms with Crippen molar-refractivity contribution in [3.05, 3.63) is 40.3 Å². The summed E-state index contributed by atoms with van der Waals surface area (Å²) in [5.74, 6) is 1.75. The summed E-state index contributed by atoms with van der Waals surface area (Å²) < 4.78 is 10.8. The van der Waals surface area contributed by atoms with Crippen LogP contribution < -0.4 is 20.8 Å². The van der Waals surface area contributed by atoms with E-state index in [0.717, 1.165) is 5.56 Å². The van der Waals surface area contributed by atoms with Crippen LogP contribution >= 0.6 is 0 Å². The van der Waals surface area contributed by atoms with Gasteiger partial charge in [0.2, 0.25) is 0 Å². The number of H-pyrrole nitrogens is 1. The van der Waals surface area contributed by atoms with Crippen molar-refractivity contribution in [3.63, 3.8) is 0 Å². The summed E-state index contributed by atoms with van der Waals surface area (Å²) in [7, 11) is 1.57. The maximum Gasteiger partial charge on any atom is 0.251 e. The molecule has 0 radical (unpaired) electrons. The lowest BCUT2D eigenvalue weighted by atomic mass is 10.1. The van der Waals surface area contributed by atoms with Crippen LogP contribution in [0.5, 0.6) is 11.5 Å². The summed E-state index contributed by atoms with van der Waals surface area (Å²) >= 11 is 0. The Bertz CT molecular complexity index is 667. The van der Waals surface area contributed by atoms with Crippen molar-refractivity contribution in [1.82, 2.24) is 9.97 Å². The highest BCUT2D eigenvalue weighted by Gasteiger charge is 2.09. The largest absolute Gasteiger partial charge is 0.493 e. The van der Waals surface area contributed by atoms with Gasteiger partial charge in [-0.05, 0) is 31.7 Å². The molecule has 0 atom stereocenters. The van der Waals surface area contributed by atoms with E-state index in [9.17, 15) is 4.79 Å². The molecule has 0 spiro atoms. The second-order valence-electron chi connectivity index (χ2n) is 4.42. The zero-order valence-corrected chi connectivity index (χ0v) is 12.2. The molecule has 0 bridgehead atoms. The fourth-order valence-corrected chi connectivity index (χ4v) is 2.01. The topological polar surface area (TPSA) is 90.2 Å². The number of aromatic amines is 1. The molecule has 0 saturated heterocycles. The van der Waals surface area contributed by atoms with Crippen molar-refractivity contribution in [2.24, 2.45) is 5.73 Å². The highest BCUT2D eigenvalue weighted by atomic mass is 16.5. The van der Waals surface area contributed by atoms with Gasteiger partial charge in [0.1, 0.15) is 5.82 Å². The van der Waals surface area contributed by atoms with Crippen molar-refractivity contribution < 1.29 is 9.47 Å². The van der Waals surface area contributed by atoms with Crippen LogP contribution in [-0.4, -0.2) is 30.2 Å². The van der Waals surface area contributed by atoms with E-state index in [1.807, 2.05) is 13.0 Å². The first-order valence-corrected chi connectivity index (χ1v) is 6.79. The first-order valence-electron chi connectivity index (χ1n) is 6.79. The lowest BCUT2D eigenvalue weighted by molar-refractivity contribution is 0.311. The molecule has 3 N–H and O–H groups in total. The molecule has 2 aromatic rings. The number of methoxy groups -OCH3 is 1. The monoisotopic (exact) mass is 289 g/mol. The molecule has 0 unspecified atom stereocenters. The van der Waals surface area contributed by atoms with Crippen molar-refractivity contribution in [2.45, 2.75) is 13.3 Å². The van der Waals surface area contributed by atoms with Crippen molar-refractivity contribution in [1.29, 1.82) is 0 Å². The van der Waals surface area contributed by atoms with Gasteiger partial charge >= 0.3 is 0 Å². The van der Waals surface area contributed by atoms with E-state index < -0.39 is 0 Å². The van der Waals surface area contributed by atoms with Crippen LogP contribution in [0.3, 0.4) is 0 Å². The van der Waals surface area contributed by atoms with Crippen LogP contribution in [0.25, 0.3) is 11.4 Å². The van der Waals surface area contributed by atoms with Gasteiger partial charge in [0.05, 0.1) is 13.7 Å². The number of nitrogens with zero attached hydrogens (tertiary/aromatic N) is 1. The first kappa shape index (κ1) is 15.1. The van der Waals surface area contributed by atoms with Gasteiger partial charge in [0.15, 0.2) is 11.5 Å². The Balaban J connectivity index is 2.44. The molecule has 1 heterocycles. The molecular weight excluding hydrogens is 270 g/mol. The third-order valence-electron chi connectivity index (χ3n) is 2.93. The van der Waals surface area contributed by atoms with Gasteiger partial charge in [-0.2, -0.15) is 0 Å². The van der Waals surface area contributed by atoms with E-state index in [4.69, 9.17) is 15.2 Å². The Morgan fingerprint density at radius 2 is 2.10 bits per heavy atom. The van der Waals surface area contributed by atoms with Gasteiger partial charge < -0.3 is 20.2 Å². The molecule has 0 aliphatic carbocycles. The van der Waals surface area contributed by atoms with Crippen molar-refractivity contribution in [3.8, 4) is 22.9 Å². The number of aromatic nitrogens is 2. The normalized spacial score (nSPS) is 10.4. The molecule has 112 valence electrons. The van der Waals surface area contributed by atoms with E-state index in [1.54, 1.807) is 19.2 Å².